The fourth-order valence-electron chi connectivity index (χ4n) is 4.48. The van der Waals surface area contributed by atoms with E-state index in [0.717, 1.165) is 60.0 Å². The maximum Gasteiger partial charge on any atom is 0.258 e. The summed E-state index contributed by atoms with van der Waals surface area (Å²) >= 11 is 1.52. The van der Waals surface area contributed by atoms with Gasteiger partial charge in [0.15, 0.2) is 0 Å². The van der Waals surface area contributed by atoms with Crippen LogP contribution in [-0.2, 0) is 11.2 Å². The maximum absolute atomic E-state index is 13.3. The fourth-order valence-corrected chi connectivity index (χ4v) is 5.47. The van der Waals surface area contributed by atoms with Crippen LogP contribution in [0, 0.1) is 5.92 Å². The van der Waals surface area contributed by atoms with Crippen molar-refractivity contribution in [3.8, 4) is 0 Å². The first-order valence-electron chi connectivity index (χ1n) is 10.7. The molecule has 0 spiro atoms. The molecular weight excluding hydrogens is 392 g/mol. The van der Waals surface area contributed by atoms with Gasteiger partial charge in [-0.05, 0) is 68.5 Å². The second kappa shape index (κ2) is 8.66. The zero-order chi connectivity index (χ0) is 20.3. The summed E-state index contributed by atoms with van der Waals surface area (Å²) in [5.74, 6) is 0.545. The molecule has 154 valence electrons. The number of hydrogen-bond acceptors (Lipinski definition) is 4. The van der Waals surface area contributed by atoms with Crippen molar-refractivity contribution in [3.63, 3.8) is 0 Å². The lowest BCUT2D eigenvalue weighted by atomic mass is 9.86. The van der Waals surface area contributed by atoms with E-state index in [-0.39, 0.29) is 11.9 Å². The molecule has 2 aromatic heterocycles. The molecule has 0 bridgehead atoms. The summed E-state index contributed by atoms with van der Waals surface area (Å²) in [4.78, 5) is 18.5. The van der Waals surface area contributed by atoms with E-state index in [1.165, 1.54) is 17.3 Å². The van der Waals surface area contributed by atoms with Crippen molar-refractivity contribution in [2.45, 2.75) is 36.8 Å². The van der Waals surface area contributed by atoms with Gasteiger partial charge in [0.1, 0.15) is 5.65 Å². The van der Waals surface area contributed by atoms with Gasteiger partial charge >= 0.3 is 0 Å². The Hall–Kier alpha value is -2.57. The highest BCUT2D eigenvalue weighted by Crippen LogP contribution is 2.34. The van der Waals surface area contributed by atoms with E-state index in [4.69, 9.17) is 0 Å². The van der Waals surface area contributed by atoms with Crippen molar-refractivity contribution in [3.05, 3.63) is 70.9 Å². The summed E-state index contributed by atoms with van der Waals surface area (Å²) in [6.07, 6.45) is 7.96. The third kappa shape index (κ3) is 4.02. The topological polar surface area (TPSA) is 58.4 Å². The maximum atomic E-state index is 13.3. The molecule has 2 N–H and O–H groups in total. The van der Waals surface area contributed by atoms with Crippen LogP contribution in [-0.4, -0.2) is 34.4 Å². The number of thioether (sulfide) groups is 1. The lowest BCUT2D eigenvalue weighted by molar-refractivity contribution is -0.117. The molecule has 6 heteroatoms. The van der Waals surface area contributed by atoms with E-state index >= 15 is 0 Å². The number of benzene rings is 1. The molecule has 4 heterocycles. The fraction of sp³-hybridized carbons (Fsp3) is 0.333. The van der Waals surface area contributed by atoms with Crippen LogP contribution in [0.4, 0.5) is 0 Å². The number of imidazole rings is 1. The Morgan fingerprint density at radius 3 is 2.83 bits per heavy atom. The average molecular weight is 419 g/mol. The number of hydrogen-bond donors (Lipinski definition) is 2. The Balaban J connectivity index is 1.33. The van der Waals surface area contributed by atoms with Gasteiger partial charge in [-0.15, -0.1) is 0 Å². The summed E-state index contributed by atoms with van der Waals surface area (Å²) in [5.41, 5.74) is 3.21. The number of rotatable bonds is 6. The molecule has 1 unspecified atom stereocenters. The number of carbonyl (C=O) groups is 1. The zero-order valence-corrected chi connectivity index (χ0v) is 17.7. The molecule has 2 aliphatic rings. The number of nitrogens with one attached hydrogen (secondary N) is 2. The van der Waals surface area contributed by atoms with E-state index in [9.17, 15) is 4.79 Å². The van der Waals surface area contributed by atoms with Crippen LogP contribution in [0.2, 0.25) is 0 Å². The minimum Gasteiger partial charge on any atom is -0.349 e. The van der Waals surface area contributed by atoms with Gasteiger partial charge in [0.05, 0.1) is 21.8 Å². The Kier molecular flexibility index (Phi) is 5.60. The predicted molar refractivity (Wildman–Crippen MR) is 121 cm³/mol. The molecule has 30 heavy (non-hydrogen) atoms. The van der Waals surface area contributed by atoms with Crippen LogP contribution >= 0.6 is 11.8 Å². The molecule has 1 fully saturated rings. The molecule has 2 aliphatic heterocycles. The van der Waals surface area contributed by atoms with Crippen LogP contribution in [0.5, 0.6) is 0 Å². The highest BCUT2D eigenvalue weighted by Gasteiger charge is 2.27. The van der Waals surface area contributed by atoms with Crippen molar-refractivity contribution in [2.24, 2.45) is 5.92 Å². The molecule has 0 aliphatic carbocycles. The van der Waals surface area contributed by atoms with Gasteiger partial charge in [-0.25, -0.2) is 4.98 Å². The van der Waals surface area contributed by atoms with Gasteiger partial charge in [0.25, 0.3) is 5.91 Å². The minimum atomic E-state index is 0.0287. The Bertz CT molecular complexity index is 1070. The number of amides is 1. The number of nitrogens with zero attached hydrogens (tertiary/aromatic N) is 2. The van der Waals surface area contributed by atoms with Gasteiger partial charge in [-0.1, -0.05) is 48.2 Å². The number of aryl methyl sites for hydroxylation is 1. The largest absolute Gasteiger partial charge is 0.349 e. The standard InChI is InChI=1S/C24H26N4OS/c29-24(21-15-19-16-26-22-7-4-8-23(30-21)28(19)22)27-20(18-11-13-25-14-12-18)10-9-17-5-2-1-3-6-17/h1-8,15-16,18,20,25H,9-14H2,(H,27,29). The summed E-state index contributed by atoms with van der Waals surface area (Å²) in [7, 11) is 0. The Morgan fingerprint density at radius 1 is 1.17 bits per heavy atom. The van der Waals surface area contributed by atoms with Gasteiger partial charge in [0, 0.05) is 6.04 Å². The normalized spacial score (nSPS) is 17.5. The molecule has 1 atom stereocenters. The van der Waals surface area contributed by atoms with Crippen molar-refractivity contribution >= 4 is 29.4 Å². The zero-order valence-electron chi connectivity index (χ0n) is 16.9. The quantitative estimate of drug-likeness (QED) is 0.638. The first-order valence-corrected chi connectivity index (χ1v) is 11.5. The molecule has 1 aromatic carbocycles. The highest BCUT2D eigenvalue weighted by atomic mass is 32.2. The van der Waals surface area contributed by atoms with Gasteiger partial charge in [0.2, 0.25) is 0 Å². The molecule has 5 rings (SSSR count). The van der Waals surface area contributed by atoms with E-state index < -0.39 is 0 Å². The van der Waals surface area contributed by atoms with Crippen LogP contribution in [0.25, 0.3) is 11.7 Å². The summed E-state index contributed by atoms with van der Waals surface area (Å²) in [5, 5.41) is 7.88. The first-order chi connectivity index (χ1) is 14.8. The highest BCUT2D eigenvalue weighted by molar-refractivity contribution is 8.04. The van der Waals surface area contributed by atoms with E-state index in [0.29, 0.717) is 5.92 Å². The first kappa shape index (κ1) is 19.4. The van der Waals surface area contributed by atoms with Gasteiger partial charge < -0.3 is 10.6 Å². The second-order valence-corrected chi connectivity index (χ2v) is 9.11. The van der Waals surface area contributed by atoms with Crippen molar-refractivity contribution in [1.82, 2.24) is 20.0 Å². The molecule has 0 saturated carbocycles. The molecule has 0 radical (unpaired) electrons. The predicted octanol–water partition coefficient (Wildman–Crippen LogP) is 3.90. The van der Waals surface area contributed by atoms with Crippen molar-refractivity contribution in [1.29, 1.82) is 0 Å². The Labute approximate surface area is 181 Å². The smallest absolute Gasteiger partial charge is 0.258 e. The SMILES string of the molecule is O=C(NC(CCc1ccccc1)C1CCNCC1)C1=Cc2cnc3cccc(n23)S1. The second-order valence-electron chi connectivity index (χ2n) is 8.04. The average Bonchev–Trinajstić information content (AvgIpc) is 3.22. The van der Waals surface area contributed by atoms with Crippen LogP contribution in [0.1, 0.15) is 30.5 Å². The summed E-state index contributed by atoms with van der Waals surface area (Å²) in [6.45, 7) is 2.06. The van der Waals surface area contributed by atoms with Crippen LogP contribution in [0.15, 0.2) is 64.7 Å². The van der Waals surface area contributed by atoms with Crippen molar-refractivity contribution < 1.29 is 4.79 Å². The van der Waals surface area contributed by atoms with E-state index in [1.54, 1.807) is 0 Å². The minimum absolute atomic E-state index is 0.0287. The monoisotopic (exact) mass is 418 g/mol. The summed E-state index contributed by atoms with van der Waals surface area (Å²) < 4.78 is 2.10. The van der Waals surface area contributed by atoms with E-state index in [1.807, 2.05) is 36.5 Å². The third-order valence-corrected chi connectivity index (χ3v) is 7.15. The van der Waals surface area contributed by atoms with E-state index in [2.05, 4.69) is 44.3 Å². The molecule has 3 aromatic rings. The molecule has 1 amide bonds. The molecule has 5 nitrogen and oxygen atoms in total. The summed E-state index contributed by atoms with van der Waals surface area (Å²) in [6, 6.07) is 16.8. The number of pyridine rings is 1. The number of carbonyl (C=O) groups excluding carboxylic acids is 1. The van der Waals surface area contributed by atoms with Crippen molar-refractivity contribution in [2.75, 3.05) is 13.1 Å². The Morgan fingerprint density at radius 2 is 2.00 bits per heavy atom. The van der Waals surface area contributed by atoms with Gasteiger partial charge in [-0.3, -0.25) is 9.20 Å². The van der Waals surface area contributed by atoms with Crippen LogP contribution < -0.4 is 10.6 Å². The lowest BCUT2D eigenvalue weighted by Crippen LogP contribution is -2.45. The number of aromatic nitrogens is 2. The lowest BCUT2D eigenvalue weighted by Gasteiger charge is -2.32. The molecule has 1 saturated heterocycles. The van der Waals surface area contributed by atoms with Gasteiger partial charge in [-0.2, -0.15) is 0 Å². The number of piperidine rings is 1. The van der Waals surface area contributed by atoms with Crippen LogP contribution in [0.3, 0.4) is 0 Å². The molecular formula is C24H26N4OS. The third-order valence-electron chi connectivity index (χ3n) is 6.09.